The molecular weight excluding hydrogens is 252 g/mol. The van der Waals surface area contributed by atoms with Gasteiger partial charge in [-0.25, -0.2) is 4.79 Å². The van der Waals surface area contributed by atoms with Gasteiger partial charge in [0, 0.05) is 12.3 Å². The molecule has 0 saturated heterocycles. The van der Waals surface area contributed by atoms with Crippen LogP contribution in [0.15, 0.2) is 33.7 Å². The fraction of sp³-hybridized carbons (Fsp3) is 0.154. The van der Waals surface area contributed by atoms with Crippen LogP contribution in [0.1, 0.15) is 17.3 Å². The predicted molar refractivity (Wildman–Crippen MR) is 65.2 cm³/mol. The van der Waals surface area contributed by atoms with Gasteiger partial charge in [0.15, 0.2) is 5.78 Å². The third kappa shape index (κ3) is 2.38. The number of rotatable bonds is 3. The van der Waals surface area contributed by atoms with Crippen molar-refractivity contribution < 1.29 is 23.8 Å². The number of carbonyl (C=O) groups excluding carboxylic acids is 2. The number of fused-ring (bicyclic) bond motifs is 1. The molecule has 0 radical (unpaired) electrons. The lowest BCUT2D eigenvalue weighted by molar-refractivity contribution is -0.131. The highest BCUT2D eigenvalue weighted by Gasteiger charge is 2.16. The molecule has 2 rings (SSSR count). The highest BCUT2D eigenvalue weighted by atomic mass is 16.5. The Kier molecular flexibility index (Phi) is 3.43. The number of hydrogen-bond donors (Lipinski definition) is 1. The Morgan fingerprint density at radius 2 is 2.11 bits per heavy atom. The second kappa shape index (κ2) is 5.03. The molecule has 1 N–H and O–H groups in total. The molecule has 6 nitrogen and oxygen atoms in total. The minimum absolute atomic E-state index is 0.00278. The number of esters is 1. The first kappa shape index (κ1) is 13.0. The van der Waals surface area contributed by atoms with E-state index in [0.717, 1.165) is 6.26 Å². The standard InChI is InChI=1S/C13H10O6/c1-7(15)19-11-4-2-3-8-9(10(16)5-14)6-18-13(17)12(8)11/h2-4,6,14H,5H2,1H3. The van der Waals surface area contributed by atoms with Gasteiger partial charge in [0.05, 0.1) is 5.56 Å². The Balaban J connectivity index is 2.79. The smallest absolute Gasteiger partial charge is 0.347 e. The van der Waals surface area contributed by atoms with Crippen LogP contribution in [0.3, 0.4) is 0 Å². The van der Waals surface area contributed by atoms with Gasteiger partial charge in [-0.1, -0.05) is 12.1 Å². The Bertz CT molecular complexity index is 713. The largest absolute Gasteiger partial charge is 0.430 e. The van der Waals surface area contributed by atoms with Gasteiger partial charge in [-0.05, 0) is 6.07 Å². The van der Waals surface area contributed by atoms with Gasteiger partial charge >= 0.3 is 11.6 Å². The number of hydrogen-bond acceptors (Lipinski definition) is 6. The molecule has 0 fully saturated rings. The Morgan fingerprint density at radius 3 is 2.74 bits per heavy atom. The summed E-state index contributed by atoms with van der Waals surface area (Å²) in [4.78, 5) is 34.2. The summed E-state index contributed by atoms with van der Waals surface area (Å²) in [6, 6.07) is 4.48. The maximum Gasteiger partial charge on any atom is 0.347 e. The molecule has 0 aliphatic heterocycles. The van der Waals surface area contributed by atoms with Crippen LogP contribution in [0.2, 0.25) is 0 Å². The zero-order chi connectivity index (χ0) is 14.0. The van der Waals surface area contributed by atoms with Crippen LogP contribution >= 0.6 is 0 Å². The van der Waals surface area contributed by atoms with Gasteiger partial charge in [-0.15, -0.1) is 0 Å². The Morgan fingerprint density at radius 1 is 1.37 bits per heavy atom. The molecule has 0 unspecified atom stereocenters. The first-order chi connectivity index (χ1) is 9.04. The molecule has 0 bridgehead atoms. The van der Waals surface area contributed by atoms with Gasteiger partial charge in [0.1, 0.15) is 24.0 Å². The highest BCUT2D eigenvalue weighted by Crippen LogP contribution is 2.25. The molecule has 6 heteroatoms. The van der Waals surface area contributed by atoms with E-state index in [1.165, 1.54) is 25.1 Å². The van der Waals surface area contributed by atoms with Crippen LogP contribution in [0.5, 0.6) is 5.75 Å². The molecule has 0 amide bonds. The highest BCUT2D eigenvalue weighted by molar-refractivity contribution is 6.09. The predicted octanol–water partition coefficient (Wildman–Crippen LogP) is 0.893. The summed E-state index contributed by atoms with van der Waals surface area (Å²) in [7, 11) is 0. The Labute approximate surface area is 107 Å². The van der Waals surface area contributed by atoms with E-state index in [-0.39, 0.29) is 22.1 Å². The summed E-state index contributed by atoms with van der Waals surface area (Å²) in [5, 5.41) is 9.15. The lowest BCUT2D eigenvalue weighted by Crippen LogP contribution is -2.11. The molecule has 0 atom stereocenters. The van der Waals surface area contributed by atoms with Gasteiger partial charge in [0.2, 0.25) is 0 Å². The molecule has 19 heavy (non-hydrogen) atoms. The van der Waals surface area contributed by atoms with Crippen LogP contribution in [0.25, 0.3) is 10.8 Å². The van der Waals surface area contributed by atoms with E-state index < -0.39 is 24.0 Å². The summed E-state index contributed by atoms with van der Waals surface area (Å²) in [5.74, 6) is -1.16. The SMILES string of the molecule is CC(=O)Oc1cccc2c(C(=O)CO)coc(=O)c12. The number of Topliss-reactive ketones (excluding diaryl/α,β-unsaturated/α-hetero) is 1. The number of benzene rings is 1. The van der Waals surface area contributed by atoms with Crippen molar-refractivity contribution in [1.82, 2.24) is 0 Å². The molecule has 0 spiro atoms. The molecule has 0 aliphatic rings. The molecule has 1 aromatic heterocycles. The molecule has 1 aromatic carbocycles. The van der Waals surface area contributed by atoms with Crippen LogP contribution < -0.4 is 10.4 Å². The van der Waals surface area contributed by atoms with E-state index in [0.29, 0.717) is 0 Å². The van der Waals surface area contributed by atoms with Crippen molar-refractivity contribution >= 4 is 22.5 Å². The van der Waals surface area contributed by atoms with E-state index in [9.17, 15) is 14.4 Å². The molecular formula is C13H10O6. The lowest BCUT2D eigenvalue weighted by atomic mass is 10.1. The van der Waals surface area contributed by atoms with E-state index in [2.05, 4.69) is 0 Å². The summed E-state index contributed by atoms with van der Waals surface area (Å²) >= 11 is 0. The minimum atomic E-state index is -0.721. The zero-order valence-corrected chi connectivity index (χ0v) is 10.0. The van der Waals surface area contributed by atoms with Crippen molar-refractivity contribution in [1.29, 1.82) is 0 Å². The third-order valence-electron chi connectivity index (χ3n) is 2.50. The zero-order valence-electron chi connectivity index (χ0n) is 10.0. The van der Waals surface area contributed by atoms with E-state index in [1.807, 2.05) is 0 Å². The number of aliphatic hydroxyl groups is 1. The average molecular weight is 262 g/mol. The molecule has 0 saturated carbocycles. The number of ether oxygens (including phenoxy) is 1. The number of ketones is 1. The first-order valence-electron chi connectivity index (χ1n) is 5.41. The molecule has 0 aliphatic carbocycles. The quantitative estimate of drug-likeness (QED) is 0.501. The first-order valence-corrected chi connectivity index (χ1v) is 5.41. The van der Waals surface area contributed by atoms with E-state index in [1.54, 1.807) is 0 Å². The van der Waals surface area contributed by atoms with Crippen molar-refractivity contribution in [2.75, 3.05) is 6.61 Å². The maximum absolute atomic E-state index is 11.7. The van der Waals surface area contributed by atoms with Crippen LogP contribution in [-0.2, 0) is 4.79 Å². The molecule has 2 aromatic rings. The number of carbonyl (C=O) groups is 2. The van der Waals surface area contributed by atoms with Crippen molar-refractivity contribution in [3.63, 3.8) is 0 Å². The summed E-state index contributed by atoms with van der Waals surface area (Å²) in [6.07, 6.45) is 0.987. The van der Waals surface area contributed by atoms with Gasteiger partial charge in [0.25, 0.3) is 0 Å². The fourth-order valence-corrected chi connectivity index (χ4v) is 1.74. The summed E-state index contributed by atoms with van der Waals surface area (Å²) < 4.78 is 9.64. The van der Waals surface area contributed by atoms with E-state index in [4.69, 9.17) is 14.3 Å². The maximum atomic E-state index is 11.7. The fourth-order valence-electron chi connectivity index (χ4n) is 1.74. The summed E-state index contributed by atoms with van der Waals surface area (Å²) in [5.41, 5.74) is -0.660. The van der Waals surface area contributed by atoms with Crippen LogP contribution in [-0.4, -0.2) is 23.5 Å². The van der Waals surface area contributed by atoms with Crippen LogP contribution in [0, 0.1) is 0 Å². The molecule has 1 heterocycles. The third-order valence-corrected chi connectivity index (χ3v) is 2.50. The Hall–Kier alpha value is -2.47. The van der Waals surface area contributed by atoms with Crippen molar-refractivity contribution in [2.45, 2.75) is 6.92 Å². The number of aliphatic hydroxyl groups excluding tert-OH is 1. The molecule has 98 valence electrons. The second-order valence-corrected chi connectivity index (χ2v) is 3.79. The topological polar surface area (TPSA) is 93.8 Å². The normalized spacial score (nSPS) is 10.4. The average Bonchev–Trinajstić information content (AvgIpc) is 2.38. The second-order valence-electron chi connectivity index (χ2n) is 3.79. The van der Waals surface area contributed by atoms with Gasteiger partial charge in [-0.2, -0.15) is 0 Å². The minimum Gasteiger partial charge on any atom is -0.430 e. The lowest BCUT2D eigenvalue weighted by Gasteiger charge is -2.07. The van der Waals surface area contributed by atoms with Crippen LogP contribution in [0.4, 0.5) is 0 Å². The monoisotopic (exact) mass is 262 g/mol. The van der Waals surface area contributed by atoms with Crippen molar-refractivity contribution in [3.05, 3.63) is 40.4 Å². The van der Waals surface area contributed by atoms with Gasteiger partial charge < -0.3 is 14.3 Å². The van der Waals surface area contributed by atoms with E-state index >= 15 is 0 Å². The van der Waals surface area contributed by atoms with Crippen molar-refractivity contribution in [2.24, 2.45) is 0 Å². The van der Waals surface area contributed by atoms with Crippen molar-refractivity contribution in [3.8, 4) is 5.75 Å². The summed E-state index contributed by atoms with van der Waals surface area (Å²) in [6.45, 7) is 0.490. The van der Waals surface area contributed by atoms with Gasteiger partial charge in [-0.3, -0.25) is 9.59 Å².